The van der Waals surface area contributed by atoms with Crippen LogP contribution in [0, 0.1) is 0 Å². The number of aromatic hydroxyl groups is 2. The lowest BCUT2D eigenvalue weighted by Gasteiger charge is -2.11. The molecule has 2 aromatic carbocycles. The van der Waals surface area contributed by atoms with E-state index in [9.17, 15) is 10.2 Å². The van der Waals surface area contributed by atoms with Crippen molar-refractivity contribution in [3.8, 4) is 23.0 Å². The Morgan fingerprint density at radius 1 is 0.889 bits per heavy atom. The number of benzene rings is 2. The fourth-order valence-electron chi connectivity index (χ4n) is 1.64. The third-order valence-corrected chi connectivity index (χ3v) is 2.73. The standard InChI is InChI=1S/C15H16O3/c1-10(2)11-7-8-15(13(17)9-11)18-14-6-4-3-5-12(14)16/h3-10,16-17H,1-2H3. The van der Waals surface area contributed by atoms with Gasteiger partial charge in [-0.15, -0.1) is 0 Å². The Morgan fingerprint density at radius 3 is 2.17 bits per heavy atom. The summed E-state index contributed by atoms with van der Waals surface area (Å²) in [6.07, 6.45) is 0. The van der Waals surface area contributed by atoms with Crippen LogP contribution in [0.15, 0.2) is 42.5 Å². The quantitative estimate of drug-likeness (QED) is 0.857. The molecule has 0 saturated heterocycles. The summed E-state index contributed by atoms with van der Waals surface area (Å²) in [6.45, 7) is 4.11. The van der Waals surface area contributed by atoms with Crippen LogP contribution in [-0.2, 0) is 0 Å². The molecule has 0 aliphatic carbocycles. The van der Waals surface area contributed by atoms with E-state index in [0.29, 0.717) is 17.4 Å². The van der Waals surface area contributed by atoms with E-state index in [4.69, 9.17) is 4.74 Å². The summed E-state index contributed by atoms with van der Waals surface area (Å²) < 4.78 is 5.47. The van der Waals surface area contributed by atoms with E-state index in [-0.39, 0.29) is 11.5 Å². The van der Waals surface area contributed by atoms with Crippen molar-refractivity contribution in [3.05, 3.63) is 48.0 Å². The number of phenolic OH excluding ortho intramolecular Hbond substituents is 2. The SMILES string of the molecule is CC(C)c1ccc(Oc2ccccc2O)c(O)c1. The molecular weight excluding hydrogens is 228 g/mol. The number of hydrogen-bond acceptors (Lipinski definition) is 3. The highest BCUT2D eigenvalue weighted by molar-refractivity contribution is 5.48. The van der Waals surface area contributed by atoms with Crippen LogP contribution in [0.4, 0.5) is 0 Å². The van der Waals surface area contributed by atoms with Crippen LogP contribution in [-0.4, -0.2) is 10.2 Å². The minimum atomic E-state index is 0.0461. The molecule has 3 nitrogen and oxygen atoms in total. The lowest BCUT2D eigenvalue weighted by molar-refractivity contribution is 0.385. The van der Waals surface area contributed by atoms with Crippen LogP contribution in [0.5, 0.6) is 23.0 Å². The molecule has 0 saturated carbocycles. The predicted molar refractivity (Wildman–Crippen MR) is 70.4 cm³/mol. The molecule has 0 fully saturated rings. The van der Waals surface area contributed by atoms with Gasteiger partial charge >= 0.3 is 0 Å². The van der Waals surface area contributed by atoms with E-state index >= 15 is 0 Å². The van der Waals surface area contributed by atoms with Crippen molar-refractivity contribution in [1.82, 2.24) is 0 Å². The zero-order valence-corrected chi connectivity index (χ0v) is 10.4. The third kappa shape index (κ3) is 2.56. The van der Waals surface area contributed by atoms with Gasteiger partial charge in [-0.25, -0.2) is 0 Å². The molecule has 0 atom stereocenters. The van der Waals surface area contributed by atoms with E-state index in [2.05, 4.69) is 13.8 Å². The van der Waals surface area contributed by atoms with E-state index in [1.165, 1.54) is 6.07 Å². The zero-order valence-electron chi connectivity index (χ0n) is 10.4. The van der Waals surface area contributed by atoms with Crippen molar-refractivity contribution in [2.45, 2.75) is 19.8 Å². The molecule has 0 spiro atoms. The molecule has 0 bridgehead atoms. The van der Waals surface area contributed by atoms with Crippen molar-refractivity contribution in [2.75, 3.05) is 0 Å². The van der Waals surface area contributed by atoms with E-state index in [1.54, 1.807) is 30.3 Å². The first-order valence-corrected chi connectivity index (χ1v) is 5.86. The fraction of sp³-hybridized carbons (Fsp3) is 0.200. The summed E-state index contributed by atoms with van der Waals surface area (Å²) in [5.74, 6) is 1.12. The van der Waals surface area contributed by atoms with Gasteiger partial charge in [0.25, 0.3) is 0 Å². The highest BCUT2D eigenvalue weighted by Crippen LogP contribution is 2.36. The lowest BCUT2D eigenvalue weighted by atomic mass is 10.0. The number of rotatable bonds is 3. The average molecular weight is 244 g/mol. The molecular formula is C15H16O3. The normalized spacial score (nSPS) is 10.6. The second-order valence-electron chi connectivity index (χ2n) is 4.45. The average Bonchev–Trinajstić information content (AvgIpc) is 2.34. The smallest absolute Gasteiger partial charge is 0.169 e. The molecule has 3 heteroatoms. The second-order valence-corrected chi connectivity index (χ2v) is 4.45. The molecule has 0 unspecified atom stereocenters. The van der Waals surface area contributed by atoms with Gasteiger partial charge in [0, 0.05) is 0 Å². The van der Waals surface area contributed by atoms with Crippen LogP contribution in [0.1, 0.15) is 25.3 Å². The summed E-state index contributed by atoms with van der Waals surface area (Å²) >= 11 is 0. The first kappa shape index (κ1) is 12.3. The van der Waals surface area contributed by atoms with Gasteiger partial charge in [0.2, 0.25) is 0 Å². The van der Waals surface area contributed by atoms with Gasteiger partial charge in [0.1, 0.15) is 0 Å². The van der Waals surface area contributed by atoms with Crippen molar-refractivity contribution in [2.24, 2.45) is 0 Å². The van der Waals surface area contributed by atoms with E-state index in [0.717, 1.165) is 5.56 Å². The Balaban J connectivity index is 2.28. The predicted octanol–water partition coefficient (Wildman–Crippen LogP) is 4.01. The summed E-state index contributed by atoms with van der Waals surface area (Å²) in [5.41, 5.74) is 1.04. The third-order valence-electron chi connectivity index (χ3n) is 2.73. The molecule has 2 rings (SSSR count). The van der Waals surface area contributed by atoms with Crippen LogP contribution in [0.3, 0.4) is 0 Å². The maximum atomic E-state index is 9.89. The Kier molecular flexibility index (Phi) is 3.42. The Labute approximate surface area is 106 Å². The Hall–Kier alpha value is -2.16. The van der Waals surface area contributed by atoms with Crippen molar-refractivity contribution < 1.29 is 14.9 Å². The molecule has 2 N–H and O–H groups in total. The first-order valence-electron chi connectivity index (χ1n) is 5.86. The monoisotopic (exact) mass is 244 g/mol. The fourth-order valence-corrected chi connectivity index (χ4v) is 1.64. The van der Waals surface area contributed by atoms with E-state index in [1.807, 2.05) is 6.07 Å². The number of ether oxygens (including phenoxy) is 1. The summed E-state index contributed by atoms with van der Waals surface area (Å²) in [5, 5.41) is 19.5. The number of para-hydroxylation sites is 2. The molecule has 94 valence electrons. The summed E-state index contributed by atoms with van der Waals surface area (Å²) in [4.78, 5) is 0. The largest absolute Gasteiger partial charge is 0.504 e. The van der Waals surface area contributed by atoms with Crippen LogP contribution < -0.4 is 4.74 Å². The highest BCUT2D eigenvalue weighted by atomic mass is 16.5. The molecule has 0 aliphatic rings. The zero-order chi connectivity index (χ0) is 13.1. The van der Waals surface area contributed by atoms with Crippen molar-refractivity contribution in [1.29, 1.82) is 0 Å². The Morgan fingerprint density at radius 2 is 1.56 bits per heavy atom. The van der Waals surface area contributed by atoms with Crippen LogP contribution in [0.25, 0.3) is 0 Å². The summed E-state index contributed by atoms with van der Waals surface area (Å²) in [6, 6.07) is 11.9. The van der Waals surface area contributed by atoms with Gasteiger partial charge in [-0.3, -0.25) is 0 Å². The van der Waals surface area contributed by atoms with Gasteiger partial charge in [-0.1, -0.05) is 32.0 Å². The van der Waals surface area contributed by atoms with Crippen LogP contribution in [0.2, 0.25) is 0 Å². The van der Waals surface area contributed by atoms with Crippen LogP contribution >= 0.6 is 0 Å². The summed E-state index contributed by atoms with van der Waals surface area (Å²) in [7, 11) is 0. The molecule has 0 aliphatic heterocycles. The lowest BCUT2D eigenvalue weighted by Crippen LogP contribution is -1.89. The van der Waals surface area contributed by atoms with Gasteiger partial charge in [-0.05, 0) is 35.7 Å². The molecule has 0 aromatic heterocycles. The van der Waals surface area contributed by atoms with Gasteiger partial charge < -0.3 is 14.9 Å². The minimum Gasteiger partial charge on any atom is -0.504 e. The molecule has 0 radical (unpaired) electrons. The number of phenols is 2. The topological polar surface area (TPSA) is 49.7 Å². The van der Waals surface area contributed by atoms with Gasteiger partial charge in [-0.2, -0.15) is 0 Å². The van der Waals surface area contributed by atoms with Gasteiger partial charge in [0.15, 0.2) is 23.0 Å². The maximum Gasteiger partial charge on any atom is 0.169 e. The van der Waals surface area contributed by atoms with Gasteiger partial charge in [0.05, 0.1) is 0 Å². The number of hydrogen-bond donors (Lipinski definition) is 2. The van der Waals surface area contributed by atoms with E-state index < -0.39 is 0 Å². The minimum absolute atomic E-state index is 0.0461. The first-order chi connectivity index (χ1) is 8.58. The Bertz CT molecular complexity index is 547. The molecule has 18 heavy (non-hydrogen) atoms. The molecule has 0 amide bonds. The molecule has 0 heterocycles. The molecule has 2 aromatic rings. The second kappa shape index (κ2) is 5.00. The van der Waals surface area contributed by atoms with Crippen molar-refractivity contribution >= 4 is 0 Å². The maximum absolute atomic E-state index is 9.89. The van der Waals surface area contributed by atoms with Crippen molar-refractivity contribution in [3.63, 3.8) is 0 Å². The highest BCUT2D eigenvalue weighted by Gasteiger charge is 2.09.